The first-order chi connectivity index (χ1) is 14.2. The Labute approximate surface area is 174 Å². The summed E-state index contributed by atoms with van der Waals surface area (Å²) in [5.74, 6) is 0.827. The van der Waals surface area contributed by atoms with E-state index >= 15 is 0 Å². The summed E-state index contributed by atoms with van der Waals surface area (Å²) in [7, 11) is 0. The molecule has 0 bridgehead atoms. The highest BCUT2D eigenvalue weighted by Gasteiger charge is 2.18. The van der Waals surface area contributed by atoms with Crippen LogP contribution in [-0.4, -0.2) is 43.5 Å². The number of carbonyl (C=O) groups is 1. The second-order valence-corrected chi connectivity index (χ2v) is 8.65. The van der Waals surface area contributed by atoms with Gasteiger partial charge in [0.2, 0.25) is 0 Å². The number of rotatable bonds is 7. The molecule has 1 atom stereocenters. The smallest absolute Gasteiger partial charge is 0.251 e. The molecular formula is C25H33N3O. The van der Waals surface area contributed by atoms with Crippen molar-refractivity contribution < 1.29 is 4.79 Å². The Morgan fingerprint density at radius 2 is 1.93 bits per heavy atom. The van der Waals surface area contributed by atoms with Crippen LogP contribution in [0.1, 0.15) is 47.7 Å². The maximum atomic E-state index is 12.4. The lowest BCUT2D eigenvalue weighted by molar-refractivity contribution is 0.0953. The maximum absolute atomic E-state index is 12.4. The third-order valence-corrected chi connectivity index (χ3v) is 6.24. The third-order valence-electron chi connectivity index (χ3n) is 6.24. The molecule has 1 amide bonds. The van der Waals surface area contributed by atoms with Crippen molar-refractivity contribution in [2.45, 2.75) is 39.2 Å². The van der Waals surface area contributed by atoms with Crippen LogP contribution in [0.4, 0.5) is 5.69 Å². The second-order valence-electron chi connectivity index (χ2n) is 8.65. The molecule has 4 rings (SSSR count). The van der Waals surface area contributed by atoms with E-state index in [1.807, 2.05) is 12.1 Å². The average Bonchev–Trinajstić information content (AvgIpc) is 3.15. The maximum Gasteiger partial charge on any atom is 0.251 e. The summed E-state index contributed by atoms with van der Waals surface area (Å²) >= 11 is 0. The Hall–Kier alpha value is -2.33. The van der Waals surface area contributed by atoms with Crippen LogP contribution in [-0.2, 0) is 13.0 Å². The molecule has 0 aliphatic carbocycles. The highest BCUT2D eigenvalue weighted by molar-refractivity contribution is 5.94. The number of hydrogen-bond donors (Lipinski definition) is 1. The van der Waals surface area contributed by atoms with E-state index in [-0.39, 0.29) is 5.91 Å². The van der Waals surface area contributed by atoms with Crippen LogP contribution in [0.15, 0.2) is 48.5 Å². The van der Waals surface area contributed by atoms with Gasteiger partial charge in [-0.2, -0.15) is 0 Å². The Balaban J connectivity index is 1.20. The van der Waals surface area contributed by atoms with Crippen LogP contribution in [0.25, 0.3) is 0 Å². The van der Waals surface area contributed by atoms with Crippen molar-refractivity contribution in [1.82, 2.24) is 10.2 Å². The predicted octanol–water partition coefficient (Wildman–Crippen LogP) is 4.10. The monoisotopic (exact) mass is 391 g/mol. The summed E-state index contributed by atoms with van der Waals surface area (Å²) in [4.78, 5) is 17.4. The molecule has 29 heavy (non-hydrogen) atoms. The highest BCUT2D eigenvalue weighted by atomic mass is 16.1. The minimum absolute atomic E-state index is 0.0324. The van der Waals surface area contributed by atoms with Gasteiger partial charge in [-0.25, -0.2) is 0 Å². The molecule has 1 N–H and O–H groups in total. The van der Waals surface area contributed by atoms with Crippen LogP contribution >= 0.6 is 0 Å². The van der Waals surface area contributed by atoms with Crippen LogP contribution in [0.2, 0.25) is 0 Å². The predicted molar refractivity (Wildman–Crippen MR) is 119 cm³/mol. The molecule has 2 aliphatic heterocycles. The van der Waals surface area contributed by atoms with Crippen molar-refractivity contribution in [3.05, 3.63) is 65.2 Å². The van der Waals surface area contributed by atoms with Crippen molar-refractivity contribution in [1.29, 1.82) is 0 Å². The summed E-state index contributed by atoms with van der Waals surface area (Å²) in [6, 6.07) is 16.8. The van der Waals surface area contributed by atoms with Gasteiger partial charge in [0.1, 0.15) is 0 Å². The molecule has 1 fully saturated rings. The van der Waals surface area contributed by atoms with Crippen molar-refractivity contribution >= 4 is 11.6 Å². The molecule has 4 nitrogen and oxygen atoms in total. The number of nitrogens with one attached hydrogen (secondary N) is 1. The average molecular weight is 392 g/mol. The number of piperidine rings is 1. The summed E-state index contributed by atoms with van der Waals surface area (Å²) in [6.07, 6.45) is 4.74. The number of likely N-dealkylation sites (tertiary alicyclic amines) is 1. The van der Waals surface area contributed by atoms with E-state index in [1.54, 1.807) is 0 Å². The first-order valence-corrected chi connectivity index (χ1v) is 11.1. The fourth-order valence-corrected chi connectivity index (χ4v) is 4.66. The number of amides is 1. The van der Waals surface area contributed by atoms with Crippen LogP contribution < -0.4 is 10.2 Å². The van der Waals surface area contributed by atoms with Crippen molar-refractivity contribution in [2.75, 3.05) is 37.6 Å². The number of fused-ring (bicyclic) bond motifs is 1. The van der Waals surface area contributed by atoms with Gasteiger partial charge in [0, 0.05) is 44.0 Å². The van der Waals surface area contributed by atoms with Crippen LogP contribution in [0.5, 0.6) is 0 Å². The SMILES string of the molecule is C[C@H]1CCCN(Cc2ccc(C(=O)NCCCN3CCc4ccccc43)cc2)C1. The number of benzene rings is 2. The Bertz CT molecular complexity index is 817. The molecule has 0 spiro atoms. The largest absolute Gasteiger partial charge is 0.371 e. The van der Waals surface area contributed by atoms with E-state index in [1.165, 1.54) is 42.7 Å². The van der Waals surface area contributed by atoms with Crippen LogP contribution in [0.3, 0.4) is 0 Å². The Kier molecular flexibility index (Phi) is 6.50. The lowest BCUT2D eigenvalue weighted by atomic mass is 9.99. The van der Waals surface area contributed by atoms with Crippen LogP contribution in [0, 0.1) is 5.92 Å². The van der Waals surface area contributed by atoms with E-state index in [0.717, 1.165) is 44.0 Å². The first kappa shape index (κ1) is 20.0. The Morgan fingerprint density at radius 3 is 2.76 bits per heavy atom. The van der Waals surface area contributed by atoms with E-state index in [0.29, 0.717) is 6.54 Å². The van der Waals surface area contributed by atoms with Gasteiger partial charge in [-0.05, 0) is 67.5 Å². The van der Waals surface area contributed by atoms with Crippen molar-refractivity contribution in [3.63, 3.8) is 0 Å². The third kappa shape index (κ3) is 5.18. The van der Waals surface area contributed by atoms with Gasteiger partial charge < -0.3 is 10.2 Å². The topological polar surface area (TPSA) is 35.6 Å². The first-order valence-electron chi connectivity index (χ1n) is 11.1. The zero-order valence-corrected chi connectivity index (χ0v) is 17.6. The molecule has 0 unspecified atom stereocenters. The molecule has 154 valence electrons. The van der Waals surface area contributed by atoms with Gasteiger partial charge in [-0.1, -0.05) is 37.3 Å². The fraction of sp³-hybridized carbons (Fsp3) is 0.480. The lowest BCUT2D eigenvalue weighted by Gasteiger charge is -2.30. The molecule has 1 saturated heterocycles. The van der Waals surface area contributed by atoms with E-state index in [9.17, 15) is 4.79 Å². The summed E-state index contributed by atoms with van der Waals surface area (Å²) in [5.41, 5.74) is 4.85. The molecule has 2 heterocycles. The lowest BCUT2D eigenvalue weighted by Crippen LogP contribution is -2.33. The summed E-state index contributed by atoms with van der Waals surface area (Å²) in [5, 5.41) is 3.08. The minimum Gasteiger partial charge on any atom is -0.371 e. The van der Waals surface area contributed by atoms with Gasteiger partial charge in [0.15, 0.2) is 0 Å². The van der Waals surface area contributed by atoms with Gasteiger partial charge in [-0.3, -0.25) is 9.69 Å². The molecule has 0 radical (unpaired) electrons. The second kappa shape index (κ2) is 9.45. The van der Waals surface area contributed by atoms with Crippen molar-refractivity contribution in [2.24, 2.45) is 5.92 Å². The molecule has 2 aliphatic rings. The summed E-state index contributed by atoms with van der Waals surface area (Å²) < 4.78 is 0. The van der Waals surface area contributed by atoms with E-state index < -0.39 is 0 Å². The standard InChI is InChI=1S/C25H33N3O/c1-20-6-4-15-27(18-20)19-21-9-11-23(12-10-21)25(29)26-14-5-16-28-17-13-22-7-2-3-8-24(22)28/h2-3,7-12,20H,4-6,13-19H2,1H3,(H,26,29)/t20-/m0/s1. The van der Waals surface area contributed by atoms with Gasteiger partial charge in [-0.15, -0.1) is 0 Å². The number of para-hydroxylation sites is 1. The van der Waals surface area contributed by atoms with E-state index in [2.05, 4.69) is 58.4 Å². The fourth-order valence-electron chi connectivity index (χ4n) is 4.66. The van der Waals surface area contributed by atoms with Gasteiger partial charge >= 0.3 is 0 Å². The van der Waals surface area contributed by atoms with Crippen molar-refractivity contribution in [3.8, 4) is 0 Å². The van der Waals surface area contributed by atoms with E-state index in [4.69, 9.17) is 0 Å². The molecule has 0 saturated carbocycles. The normalized spacial score (nSPS) is 19.2. The summed E-state index contributed by atoms with van der Waals surface area (Å²) in [6.45, 7) is 8.49. The zero-order valence-electron chi connectivity index (χ0n) is 17.6. The molecule has 0 aromatic heterocycles. The minimum atomic E-state index is 0.0324. The van der Waals surface area contributed by atoms with Gasteiger partial charge in [0.05, 0.1) is 0 Å². The van der Waals surface area contributed by atoms with Gasteiger partial charge in [0.25, 0.3) is 5.91 Å². The quantitative estimate of drug-likeness (QED) is 0.722. The number of carbonyl (C=O) groups excluding carboxylic acids is 1. The Morgan fingerprint density at radius 1 is 1.10 bits per heavy atom. The highest BCUT2D eigenvalue weighted by Crippen LogP contribution is 2.27. The number of anilines is 1. The number of nitrogens with zero attached hydrogens (tertiary/aromatic N) is 2. The molecular weight excluding hydrogens is 358 g/mol. The molecule has 4 heteroatoms. The number of hydrogen-bond acceptors (Lipinski definition) is 3. The molecule has 2 aromatic carbocycles. The zero-order chi connectivity index (χ0) is 20.1. The molecule has 2 aromatic rings.